The third kappa shape index (κ3) is 5.51. The van der Waals surface area contributed by atoms with Crippen LogP contribution in [0.15, 0.2) is 57.2 Å². The minimum absolute atomic E-state index is 0.383. The third-order valence-corrected chi connectivity index (χ3v) is 6.83. The number of carbonyl (C=O) groups excluding carboxylic acids is 1. The van der Waals surface area contributed by atoms with Crippen molar-refractivity contribution in [1.29, 1.82) is 10.5 Å². The molecule has 0 aliphatic heterocycles. The van der Waals surface area contributed by atoms with Gasteiger partial charge in [0.25, 0.3) is 0 Å². The maximum Gasteiger partial charge on any atom is 0.416 e. The number of hydrogen-bond donors (Lipinski definition) is 0. The first-order chi connectivity index (χ1) is 13.8. The molecule has 0 saturated heterocycles. The van der Waals surface area contributed by atoms with Crippen LogP contribution in [-0.2, 0) is 11.0 Å². The summed E-state index contributed by atoms with van der Waals surface area (Å²) in [6.45, 7) is 4.49. The minimum atomic E-state index is -4.40. The zero-order valence-corrected chi connectivity index (χ0v) is 18.6. The molecule has 2 aromatic rings. The smallest absolute Gasteiger partial charge is 0.295 e. The lowest BCUT2D eigenvalue weighted by Gasteiger charge is -2.27. The van der Waals surface area contributed by atoms with E-state index in [2.05, 4.69) is 0 Å². The number of benzene rings is 2. The standard InChI is InChI=1S/C21H16ClF3N2OS2/c1-19(2,18(28)20(3,11-26)12-27)30-17-10-15(8-9-16(17)22)29-14-6-4-13(5-7-14)21(23,24)25/h4-10H,1-3H3. The van der Waals surface area contributed by atoms with Gasteiger partial charge in [0.05, 0.1) is 27.5 Å². The number of ketones is 1. The first kappa shape index (κ1) is 24.1. The van der Waals surface area contributed by atoms with E-state index in [1.165, 1.54) is 30.8 Å². The van der Waals surface area contributed by atoms with Crippen molar-refractivity contribution in [3.63, 3.8) is 0 Å². The normalized spacial score (nSPS) is 12.2. The monoisotopic (exact) mass is 468 g/mol. The number of nitrogens with zero attached hydrogens (tertiary/aromatic N) is 2. The fourth-order valence-corrected chi connectivity index (χ4v) is 4.89. The second-order valence-electron chi connectivity index (χ2n) is 7.01. The Labute approximate surface area is 186 Å². The average Bonchev–Trinajstić information content (AvgIpc) is 2.69. The van der Waals surface area contributed by atoms with Gasteiger partial charge in [-0.25, -0.2) is 0 Å². The van der Waals surface area contributed by atoms with E-state index in [-0.39, 0.29) is 0 Å². The summed E-state index contributed by atoms with van der Waals surface area (Å²) in [7, 11) is 0. The van der Waals surface area contributed by atoms with Crippen molar-refractivity contribution in [2.75, 3.05) is 0 Å². The molecule has 0 fully saturated rings. The summed E-state index contributed by atoms with van der Waals surface area (Å²) in [5.74, 6) is -0.540. The Morgan fingerprint density at radius 1 is 0.967 bits per heavy atom. The predicted molar refractivity (Wildman–Crippen MR) is 111 cm³/mol. The van der Waals surface area contributed by atoms with E-state index in [9.17, 15) is 28.5 Å². The van der Waals surface area contributed by atoms with Crippen molar-refractivity contribution in [3.05, 3.63) is 53.1 Å². The van der Waals surface area contributed by atoms with E-state index in [1.807, 2.05) is 0 Å². The summed E-state index contributed by atoms with van der Waals surface area (Å²) in [6, 6.07) is 13.4. The SMILES string of the molecule is CC(C#N)(C#N)C(=O)C(C)(C)Sc1cc(Sc2ccc(C(F)(F)F)cc2)ccc1Cl. The first-order valence-electron chi connectivity index (χ1n) is 8.53. The fourth-order valence-electron chi connectivity index (χ4n) is 2.52. The van der Waals surface area contributed by atoms with Crippen LogP contribution in [0.4, 0.5) is 13.2 Å². The van der Waals surface area contributed by atoms with Gasteiger partial charge in [0.15, 0.2) is 11.2 Å². The van der Waals surface area contributed by atoms with Gasteiger partial charge in [0.1, 0.15) is 0 Å². The molecule has 0 heterocycles. The maximum atomic E-state index is 12.7. The van der Waals surface area contributed by atoms with Crippen LogP contribution in [0.25, 0.3) is 0 Å². The zero-order valence-electron chi connectivity index (χ0n) is 16.2. The molecule has 0 unspecified atom stereocenters. The van der Waals surface area contributed by atoms with Crippen molar-refractivity contribution >= 4 is 40.9 Å². The Hall–Kier alpha value is -2.13. The highest BCUT2D eigenvalue weighted by molar-refractivity contribution is 8.01. The Morgan fingerprint density at radius 2 is 1.50 bits per heavy atom. The lowest BCUT2D eigenvalue weighted by Crippen LogP contribution is -2.39. The van der Waals surface area contributed by atoms with E-state index < -0.39 is 27.7 Å². The molecule has 9 heteroatoms. The van der Waals surface area contributed by atoms with Gasteiger partial charge in [-0.2, -0.15) is 23.7 Å². The Kier molecular flexibility index (Phi) is 7.19. The third-order valence-electron chi connectivity index (χ3n) is 4.13. The summed E-state index contributed by atoms with van der Waals surface area (Å²) in [6.07, 6.45) is -4.40. The lowest BCUT2D eigenvalue weighted by molar-refractivity contribution is -0.137. The van der Waals surface area contributed by atoms with Gasteiger partial charge in [-0.3, -0.25) is 4.79 Å². The minimum Gasteiger partial charge on any atom is -0.295 e. The van der Waals surface area contributed by atoms with Crippen LogP contribution in [-0.4, -0.2) is 10.5 Å². The van der Waals surface area contributed by atoms with Crippen LogP contribution < -0.4 is 0 Å². The Morgan fingerprint density at radius 3 is 2.00 bits per heavy atom. The van der Waals surface area contributed by atoms with Gasteiger partial charge in [-0.05, 0) is 63.2 Å². The van der Waals surface area contributed by atoms with Gasteiger partial charge in [-0.1, -0.05) is 23.4 Å². The number of rotatable bonds is 6. The number of nitriles is 2. The molecule has 2 aromatic carbocycles. The van der Waals surface area contributed by atoms with Gasteiger partial charge < -0.3 is 0 Å². The van der Waals surface area contributed by atoms with Crippen molar-refractivity contribution in [1.82, 2.24) is 0 Å². The molecule has 0 aliphatic rings. The van der Waals surface area contributed by atoms with Crippen molar-refractivity contribution < 1.29 is 18.0 Å². The van der Waals surface area contributed by atoms with E-state index >= 15 is 0 Å². The number of carbonyl (C=O) groups is 1. The van der Waals surface area contributed by atoms with Crippen molar-refractivity contribution in [2.45, 2.75) is 46.4 Å². The van der Waals surface area contributed by atoms with Crippen molar-refractivity contribution in [2.24, 2.45) is 5.41 Å². The number of Topliss-reactive ketones (excluding diaryl/α,β-unsaturated/α-hetero) is 1. The molecule has 0 aliphatic carbocycles. The highest BCUT2D eigenvalue weighted by atomic mass is 35.5. The van der Waals surface area contributed by atoms with Crippen LogP contribution >= 0.6 is 35.1 Å². The van der Waals surface area contributed by atoms with E-state index in [0.717, 1.165) is 23.9 Å². The number of halogens is 4. The van der Waals surface area contributed by atoms with E-state index in [1.54, 1.807) is 44.2 Å². The molecule has 30 heavy (non-hydrogen) atoms. The summed E-state index contributed by atoms with van der Waals surface area (Å²) >= 11 is 8.64. The maximum absolute atomic E-state index is 12.7. The van der Waals surface area contributed by atoms with Gasteiger partial charge in [0, 0.05) is 14.7 Å². The Balaban J connectivity index is 2.26. The zero-order chi connectivity index (χ0) is 22.7. The van der Waals surface area contributed by atoms with Crippen LogP contribution in [0.2, 0.25) is 5.02 Å². The molecule has 0 saturated carbocycles. The molecule has 0 amide bonds. The fraction of sp³-hybridized carbons (Fsp3) is 0.286. The van der Waals surface area contributed by atoms with Gasteiger partial charge in [0.2, 0.25) is 0 Å². The predicted octanol–water partition coefficient (Wildman–Crippen LogP) is 7.00. The first-order valence-corrected chi connectivity index (χ1v) is 10.5. The Bertz CT molecular complexity index is 1020. The molecule has 156 valence electrons. The number of alkyl halides is 3. The van der Waals surface area contributed by atoms with Crippen LogP contribution in [0.1, 0.15) is 26.3 Å². The molecular weight excluding hydrogens is 453 g/mol. The average molecular weight is 469 g/mol. The molecule has 0 radical (unpaired) electrons. The molecule has 0 spiro atoms. The molecule has 0 N–H and O–H groups in total. The van der Waals surface area contributed by atoms with Crippen LogP contribution in [0.5, 0.6) is 0 Å². The molecule has 0 bridgehead atoms. The van der Waals surface area contributed by atoms with E-state index in [4.69, 9.17) is 11.6 Å². The highest BCUT2D eigenvalue weighted by Crippen LogP contribution is 2.43. The largest absolute Gasteiger partial charge is 0.416 e. The summed E-state index contributed by atoms with van der Waals surface area (Å²) in [5, 5.41) is 18.8. The van der Waals surface area contributed by atoms with Crippen LogP contribution in [0.3, 0.4) is 0 Å². The van der Waals surface area contributed by atoms with Crippen LogP contribution in [0, 0.1) is 28.1 Å². The van der Waals surface area contributed by atoms with Gasteiger partial charge >= 0.3 is 6.18 Å². The van der Waals surface area contributed by atoms with Gasteiger partial charge in [-0.15, -0.1) is 11.8 Å². The summed E-state index contributed by atoms with van der Waals surface area (Å²) in [4.78, 5) is 14.6. The summed E-state index contributed by atoms with van der Waals surface area (Å²) < 4.78 is 37.0. The lowest BCUT2D eigenvalue weighted by atomic mass is 9.83. The van der Waals surface area contributed by atoms with E-state index in [0.29, 0.717) is 19.7 Å². The second kappa shape index (κ2) is 8.93. The quantitative estimate of drug-likeness (QED) is 0.427. The molecule has 0 aromatic heterocycles. The molecule has 2 rings (SSSR count). The number of hydrogen-bond acceptors (Lipinski definition) is 5. The molecule has 3 nitrogen and oxygen atoms in total. The highest BCUT2D eigenvalue weighted by Gasteiger charge is 2.44. The second-order valence-corrected chi connectivity index (χ2v) is 10.2. The number of thioether (sulfide) groups is 1. The molecular formula is C21H16ClF3N2OS2. The topological polar surface area (TPSA) is 64.7 Å². The summed E-state index contributed by atoms with van der Waals surface area (Å²) in [5.41, 5.74) is -2.51. The van der Waals surface area contributed by atoms with Crippen molar-refractivity contribution in [3.8, 4) is 12.1 Å². The molecule has 0 atom stereocenters.